The lowest BCUT2D eigenvalue weighted by molar-refractivity contribution is -0.232. The van der Waals surface area contributed by atoms with Crippen LogP contribution in [0, 0.1) is 22.7 Å². The van der Waals surface area contributed by atoms with Crippen LogP contribution in [0.3, 0.4) is 0 Å². The number of esters is 2. The molecule has 488 valence electrons. The van der Waals surface area contributed by atoms with E-state index in [-0.39, 0.29) is 91.8 Å². The van der Waals surface area contributed by atoms with Gasteiger partial charge in [-0.05, 0) is 116 Å². The second-order valence-corrected chi connectivity index (χ2v) is 24.2. The van der Waals surface area contributed by atoms with Gasteiger partial charge in [0.25, 0.3) is 18.0 Å². The Hall–Kier alpha value is -6.14. The van der Waals surface area contributed by atoms with Crippen LogP contribution in [0.1, 0.15) is 102 Å². The molecule has 0 N–H and O–H groups in total. The number of pyridine rings is 2. The molecule has 6 aliphatic rings. The number of carbonyl (C=O) groups is 4. The van der Waals surface area contributed by atoms with Crippen LogP contribution in [0.5, 0.6) is 0 Å². The van der Waals surface area contributed by atoms with Gasteiger partial charge in [-0.2, -0.15) is 63.2 Å². The Kier molecular flexibility index (Phi) is 20.5. The summed E-state index contributed by atoms with van der Waals surface area (Å²) in [4.78, 5) is 70.7. The SMILES string of the molecule is COC(=O)C(OC(=O)CN1CCN(CCOC2CCC(N3C(=S)N(c4cnc(C#N)c(C(F)(F)F)c4)C(=O)C3(C)C)CC2)C[C@@H]1C(F)(F)F)N1CCN(CCOC2CCC(N3C(=S)N(c4cnc(C#N)c(C(F)(F)F)c4)C(=O)C3(C)C)CC2)C[C@@H]1C(F)(F)F. The van der Waals surface area contributed by atoms with Crippen molar-refractivity contribution >= 4 is 69.8 Å². The number of hydrogen-bond donors (Lipinski definition) is 0. The zero-order valence-electron chi connectivity index (χ0n) is 48.8. The fourth-order valence-electron chi connectivity index (χ4n) is 12.6. The van der Waals surface area contributed by atoms with Gasteiger partial charge in [0.1, 0.15) is 35.3 Å². The normalized spacial score (nSPS) is 25.7. The number of nitrogens with zero attached hydrogens (tertiary/aromatic N) is 12. The van der Waals surface area contributed by atoms with Crippen molar-refractivity contribution in [2.24, 2.45) is 0 Å². The van der Waals surface area contributed by atoms with E-state index in [1.165, 1.54) is 21.9 Å². The minimum absolute atomic E-state index is 0.00338. The molecule has 0 aromatic carbocycles. The monoisotopic (exact) mass is 1310 g/mol. The number of anilines is 2. The highest BCUT2D eigenvalue weighted by Crippen LogP contribution is 2.43. The first kappa shape index (κ1) is 68.8. The van der Waals surface area contributed by atoms with Crippen molar-refractivity contribution in [3.63, 3.8) is 0 Å². The van der Waals surface area contributed by atoms with E-state index >= 15 is 0 Å². The molecule has 1 unspecified atom stereocenters. The standard InChI is InChI=1S/C55H64F12N12O8S2/c1-50(2)46(82)76(33-22-37(52(56,57)58)39(24-68)70-26-33)48(88)78(50)31-6-10-35(11-7-31)85-20-18-72-14-16-74(41(28-72)54(62,63)64)30-43(80)87-44(45(81)84-5)75-17-15-73(29-42(75)55(65,66)67)19-21-86-36-12-8-32(9-13-36)79-49(89)77(47(83)51(79,3)4)34-23-38(53(59,60)61)40(25-69)71-27-34/h22-23,26-27,31-32,35-36,41-42,44H,6-21,28-30H2,1-5H3/t31?,32?,35?,36?,41-,42-,44?/m1/s1. The molecule has 2 aliphatic carbocycles. The lowest BCUT2D eigenvalue weighted by atomic mass is 9.89. The predicted molar refractivity (Wildman–Crippen MR) is 297 cm³/mol. The summed E-state index contributed by atoms with van der Waals surface area (Å²) in [6, 6.07) is -1.23. The lowest BCUT2D eigenvalue weighted by Crippen LogP contribution is -2.65. The minimum atomic E-state index is -5.01. The van der Waals surface area contributed by atoms with Gasteiger partial charge < -0.3 is 28.7 Å². The first-order valence-corrected chi connectivity index (χ1v) is 29.2. The highest BCUT2D eigenvalue weighted by molar-refractivity contribution is 7.80. The molecule has 4 saturated heterocycles. The van der Waals surface area contributed by atoms with E-state index in [1.807, 2.05) is 0 Å². The maximum atomic E-state index is 14.9. The Morgan fingerprint density at radius 1 is 0.640 bits per heavy atom. The van der Waals surface area contributed by atoms with Crippen molar-refractivity contribution in [3.05, 3.63) is 47.0 Å². The quantitative estimate of drug-likeness (QED) is 0.0874. The molecule has 2 saturated carbocycles. The second-order valence-electron chi connectivity index (χ2n) is 23.5. The lowest BCUT2D eigenvalue weighted by Gasteiger charge is -2.44. The van der Waals surface area contributed by atoms with Crippen LogP contribution in [0.2, 0.25) is 0 Å². The molecule has 6 fully saturated rings. The molecule has 0 spiro atoms. The van der Waals surface area contributed by atoms with Crippen LogP contribution < -0.4 is 9.80 Å². The molecule has 2 amide bonds. The number of thiocarbonyl (C=S) groups is 2. The molecular weight excluding hydrogens is 1250 g/mol. The van der Waals surface area contributed by atoms with Crippen molar-refractivity contribution in [3.8, 4) is 12.1 Å². The summed E-state index contributed by atoms with van der Waals surface area (Å²) in [6.07, 6.45) is -17.4. The molecule has 0 bridgehead atoms. The zero-order valence-corrected chi connectivity index (χ0v) is 50.4. The van der Waals surface area contributed by atoms with Gasteiger partial charge in [-0.15, -0.1) is 0 Å². The average Bonchev–Trinajstić information content (AvgIpc) is 1.74. The summed E-state index contributed by atoms with van der Waals surface area (Å²) in [7, 11) is 0.850. The molecule has 2 aromatic rings. The first-order valence-electron chi connectivity index (χ1n) is 28.4. The number of rotatable bonds is 17. The number of aromatic nitrogens is 2. The highest BCUT2D eigenvalue weighted by Gasteiger charge is 2.56. The molecular formula is C55H64F12N12O8S2. The summed E-state index contributed by atoms with van der Waals surface area (Å²) < 4.78 is 194. The Morgan fingerprint density at radius 3 is 1.43 bits per heavy atom. The van der Waals surface area contributed by atoms with Crippen LogP contribution >= 0.6 is 24.4 Å². The summed E-state index contributed by atoms with van der Waals surface area (Å²) in [6.45, 7) is 3.06. The third kappa shape index (κ3) is 14.8. The van der Waals surface area contributed by atoms with Crippen LogP contribution in [-0.4, -0.2) is 219 Å². The minimum Gasteiger partial charge on any atom is -0.465 e. The Balaban J connectivity index is 0.789. The van der Waals surface area contributed by atoms with E-state index < -0.39 is 127 Å². The van der Waals surface area contributed by atoms with Gasteiger partial charge in [0, 0.05) is 64.4 Å². The second kappa shape index (κ2) is 26.6. The molecule has 0 radical (unpaired) electrons. The van der Waals surface area contributed by atoms with E-state index in [2.05, 4.69) is 9.97 Å². The van der Waals surface area contributed by atoms with Crippen molar-refractivity contribution in [2.75, 3.05) is 89.0 Å². The summed E-state index contributed by atoms with van der Waals surface area (Å²) >= 11 is 11.3. The van der Waals surface area contributed by atoms with Gasteiger partial charge in [-0.1, -0.05) is 0 Å². The van der Waals surface area contributed by atoms with E-state index in [0.717, 1.165) is 34.2 Å². The highest BCUT2D eigenvalue weighted by atomic mass is 32.1. The van der Waals surface area contributed by atoms with Crippen LogP contribution in [0.25, 0.3) is 0 Å². The predicted octanol–water partition coefficient (Wildman–Crippen LogP) is 7.18. The maximum absolute atomic E-state index is 14.9. The average molecular weight is 1310 g/mol. The number of ether oxygens (including phenoxy) is 4. The van der Waals surface area contributed by atoms with E-state index in [9.17, 15) is 82.4 Å². The number of nitriles is 2. The first-order chi connectivity index (χ1) is 41.5. The number of hydrogen-bond acceptors (Lipinski definition) is 18. The topological polar surface area (TPSA) is 204 Å². The molecule has 8 rings (SSSR count). The Bertz CT molecular complexity index is 3090. The molecule has 34 heteroatoms. The zero-order chi connectivity index (χ0) is 65.5. The van der Waals surface area contributed by atoms with Crippen molar-refractivity contribution in [1.82, 2.24) is 39.4 Å². The van der Waals surface area contributed by atoms with Gasteiger partial charge in [0.05, 0.1) is 74.0 Å². The Labute approximate surface area is 514 Å². The number of amides is 2. The number of methoxy groups -OCH3 is 1. The van der Waals surface area contributed by atoms with Gasteiger partial charge in [0.15, 0.2) is 21.6 Å². The molecule has 3 atom stereocenters. The molecule has 89 heavy (non-hydrogen) atoms. The molecule has 2 aromatic heterocycles. The number of alkyl halides is 12. The third-order valence-electron chi connectivity index (χ3n) is 17.2. The fraction of sp³-hybridized carbons (Fsp3) is 0.673. The Morgan fingerprint density at radius 2 is 1.04 bits per heavy atom. The van der Waals surface area contributed by atoms with E-state index in [1.54, 1.807) is 37.5 Å². The van der Waals surface area contributed by atoms with Gasteiger partial charge in [-0.3, -0.25) is 38.9 Å². The number of carbonyl (C=O) groups excluding carboxylic acids is 4. The summed E-state index contributed by atoms with van der Waals surface area (Å²) in [5.41, 5.74) is -7.47. The van der Waals surface area contributed by atoms with E-state index in [4.69, 9.17) is 43.4 Å². The third-order valence-corrected chi connectivity index (χ3v) is 18.0. The largest absolute Gasteiger partial charge is 0.465 e. The fourth-order valence-corrected chi connectivity index (χ4v) is 13.7. The summed E-state index contributed by atoms with van der Waals surface area (Å²) in [5, 5.41) is 18.3. The molecule has 20 nitrogen and oxygen atoms in total. The smallest absolute Gasteiger partial charge is 0.419 e. The van der Waals surface area contributed by atoms with E-state index in [0.29, 0.717) is 68.4 Å². The molecule has 6 heterocycles. The van der Waals surface area contributed by atoms with Crippen LogP contribution in [0.15, 0.2) is 24.5 Å². The van der Waals surface area contributed by atoms with Crippen molar-refractivity contribution in [2.45, 2.75) is 157 Å². The van der Waals surface area contributed by atoms with Crippen molar-refractivity contribution in [1.29, 1.82) is 10.5 Å². The van der Waals surface area contributed by atoms with Crippen LogP contribution in [0.4, 0.5) is 64.1 Å². The van der Waals surface area contributed by atoms with Gasteiger partial charge in [-0.25, -0.2) is 19.7 Å². The maximum Gasteiger partial charge on any atom is 0.419 e. The van der Waals surface area contributed by atoms with Crippen LogP contribution in [-0.2, 0) is 50.5 Å². The summed E-state index contributed by atoms with van der Waals surface area (Å²) in [5.74, 6) is -4.01. The number of piperazine rings is 2. The van der Waals surface area contributed by atoms with Gasteiger partial charge in [0.2, 0.25) is 0 Å². The van der Waals surface area contributed by atoms with Gasteiger partial charge >= 0.3 is 36.6 Å². The number of halogens is 12. The van der Waals surface area contributed by atoms with Crippen molar-refractivity contribution < 1.29 is 90.8 Å². The molecule has 4 aliphatic heterocycles.